The SMILES string of the molecule is Cc1cccc(OC(=O)NC23CC4CC(C2)CC(NC(=O)c2cc(C)n(C)n2)(C4)C3)n1. The van der Waals surface area contributed by atoms with Crippen LogP contribution in [-0.4, -0.2) is 37.8 Å². The topological polar surface area (TPSA) is 98.1 Å². The first-order valence-corrected chi connectivity index (χ1v) is 11.0. The number of pyridine rings is 1. The fraction of sp³-hybridized carbons (Fsp3) is 0.565. The molecule has 8 nitrogen and oxygen atoms in total. The maximum atomic E-state index is 13.0. The van der Waals surface area contributed by atoms with Gasteiger partial charge in [0, 0.05) is 35.6 Å². The third-order valence-electron chi connectivity index (χ3n) is 7.21. The molecule has 4 saturated carbocycles. The Morgan fingerprint density at radius 3 is 2.39 bits per heavy atom. The van der Waals surface area contributed by atoms with Gasteiger partial charge in [0.05, 0.1) is 0 Å². The molecule has 4 bridgehead atoms. The molecule has 0 spiro atoms. The molecule has 2 heterocycles. The molecular weight excluding hydrogens is 394 g/mol. The van der Waals surface area contributed by atoms with Crippen molar-refractivity contribution >= 4 is 12.0 Å². The lowest BCUT2D eigenvalue weighted by Crippen LogP contribution is -2.70. The van der Waals surface area contributed by atoms with Crippen LogP contribution in [0.2, 0.25) is 0 Å². The van der Waals surface area contributed by atoms with Crippen molar-refractivity contribution < 1.29 is 14.3 Å². The highest BCUT2D eigenvalue weighted by atomic mass is 16.6. The van der Waals surface area contributed by atoms with Crippen LogP contribution in [0.3, 0.4) is 0 Å². The van der Waals surface area contributed by atoms with E-state index in [9.17, 15) is 9.59 Å². The molecule has 2 unspecified atom stereocenters. The third-order valence-corrected chi connectivity index (χ3v) is 7.21. The number of carbonyl (C=O) groups excluding carboxylic acids is 2. The van der Waals surface area contributed by atoms with Crippen LogP contribution < -0.4 is 15.4 Å². The molecule has 2 N–H and O–H groups in total. The zero-order valence-electron chi connectivity index (χ0n) is 18.3. The lowest BCUT2D eigenvalue weighted by atomic mass is 9.50. The molecule has 2 aromatic heterocycles. The standard InChI is InChI=1S/C23H29N5O3/c1-14-5-4-6-19(24-14)31-21(30)26-23-11-16-8-17(12-23)10-22(9-16,13-23)25-20(29)18-7-15(2)28(3)27-18/h4-7,16-17H,8-13H2,1-3H3,(H,25,29)(H,26,30). The summed E-state index contributed by atoms with van der Waals surface area (Å²) < 4.78 is 7.19. The molecule has 164 valence electrons. The van der Waals surface area contributed by atoms with Gasteiger partial charge in [0.1, 0.15) is 5.69 Å². The zero-order valence-corrected chi connectivity index (χ0v) is 18.3. The maximum absolute atomic E-state index is 13.0. The Morgan fingerprint density at radius 2 is 1.77 bits per heavy atom. The molecule has 0 radical (unpaired) electrons. The van der Waals surface area contributed by atoms with Gasteiger partial charge in [-0.15, -0.1) is 0 Å². The summed E-state index contributed by atoms with van der Waals surface area (Å²) in [5.74, 6) is 1.15. The van der Waals surface area contributed by atoms with Gasteiger partial charge in [-0.25, -0.2) is 9.78 Å². The number of hydrogen-bond acceptors (Lipinski definition) is 5. The summed E-state index contributed by atoms with van der Waals surface area (Å²) in [7, 11) is 1.84. The minimum absolute atomic E-state index is 0.132. The Kier molecular flexibility index (Phi) is 4.57. The summed E-state index contributed by atoms with van der Waals surface area (Å²) in [5.41, 5.74) is 1.54. The highest BCUT2D eigenvalue weighted by Crippen LogP contribution is 2.57. The van der Waals surface area contributed by atoms with E-state index in [2.05, 4.69) is 20.7 Å². The van der Waals surface area contributed by atoms with E-state index in [0.717, 1.165) is 49.9 Å². The smallest absolute Gasteiger partial charge is 0.391 e. The van der Waals surface area contributed by atoms with Gasteiger partial charge in [-0.1, -0.05) is 6.07 Å². The van der Waals surface area contributed by atoms with Crippen molar-refractivity contribution in [2.45, 2.75) is 63.5 Å². The normalized spacial score (nSPS) is 30.8. The quantitative estimate of drug-likeness (QED) is 0.788. The largest absolute Gasteiger partial charge is 0.414 e. The summed E-state index contributed by atoms with van der Waals surface area (Å²) in [5, 5.41) is 10.8. The average Bonchev–Trinajstić information content (AvgIpc) is 2.98. The van der Waals surface area contributed by atoms with E-state index < -0.39 is 6.09 Å². The minimum Gasteiger partial charge on any atom is -0.391 e. The lowest BCUT2D eigenvalue weighted by Gasteiger charge is -2.61. The van der Waals surface area contributed by atoms with E-state index in [-0.39, 0.29) is 17.0 Å². The summed E-state index contributed by atoms with van der Waals surface area (Å²) in [6.45, 7) is 3.79. The fourth-order valence-corrected chi connectivity index (χ4v) is 6.44. The van der Waals surface area contributed by atoms with Gasteiger partial charge >= 0.3 is 6.09 Å². The van der Waals surface area contributed by atoms with Gasteiger partial charge in [-0.05, 0) is 76.3 Å². The van der Waals surface area contributed by atoms with Gasteiger partial charge in [0.25, 0.3) is 5.91 Å². The molecule has 0 aliphatic heterocycles. The summed E-state index contributed by atoms with van der Waals surface area (Å²) in [6, 6.07) is 7.18. The van der Waals surface area contributed by atoms with Crippen molar-refractivity contribution in [2.24, 2.45) is 18.9 Å². The first-order chi connectivity index (χ1) is 14.7. The van der Waals surface area contributed by atoms with Crippen molar-refractivity contribution in [3.63, 3.8) is 0 Å². The fourth-order valence-electron chi connectivity index (χ4n) is 6.44. The number of carbonyl (C=O) groups is 2. The molecule has 4 fully saturated rings. The van der Waals surface area contributed by atoms with Gasteiger partial charge in [0.15, 0.2) is 0 Å². The first kappa shape index (κ1) is 20.0. The Bertz CT molecular complexity index is 1010. The monoisotopic (exact) mass is 423 g/mol. The number of nitrogens with zero attached hydrogens (tertiary/aromatic N) is 3. The minimum atomic E-state index is -0.470. The Balaban J connectivity index is 1.32. The highest BCUT2D eigenvalue weighted by Gasteiger charge is 2.59. The van der Waals surface area contributed by atoms with E-state index in [1.54, 1.807) is 10.7 Å². The molecular formula is C23H29N5O3. The lowest BCUT2D eigenvalue weighted by molar-refractivity contribution is -0.0450. The van der Waals surface area contributed by atoms with Crippen LogP contribution in [0.1, 0.15) is 60.4 Å². The molecule has 2 amide bonds. The van der Waals surface area contributed by atoms with Gasteiger partial charge in [-0.2, -0.15) is 5.10 Å². The van der Waals surface area contributed by atoms with E-state index in [0.29, 0.717) is 23.4 Å². The molecule has 4 aliphatic carbocycles. The van der Waals surface area contributed by atoms with Crippen molar-refractivity contribution in [1.82, 2.24) is 25.4 Å². The molecule has 31 heavy (non-hydrogen) atoms. The van der Waals surface area contributed by atoms with Gasteiger partial charge in [0.2, 0.25) is 5.88 Å². The maximum Gasteiger partial charge on any atom is 0.414 e. The number of aryl methyl sites for hydroxylation is 3. The second-order valence-electron chi connectivity index (χ2n) is 9.90. The molecule has 0 aromatic carbocycles. The summed E-state index contributed by atoms with van der Waals surface area (Å²) in [6.07, 6.45) is 5.19. The van der Waals surface area contributed by atoms with E-state index in [4.69, 9.17) is 4.74 Å². The molecule has 4 aliphatic rings. The van der Waals surface area contributed by atoms with E-state index >= 15 is 0 Å². The van der Waals surface area contributed by atoms with E-state index in [1.165, 1.54) is 0 Å². The van der Waals surface area contributed by atoms with Crippen LogP contribution in [0.15, 0.2) is 24.3 Å². The molecule has 0 saturated heterocycles. The van der Waals surface area contributed by atoms with Crippen LogP contribution in [-0.2, 0) is 7.05 Å². The van der Waals surface area contributed by atoms with Crippen LogP contribution in [0.4, 0.5) is 4.79 Å². The summed E-state index contributed by atoms with van der Waals surface area (Å²) in [4.78, 5) is 30.0. The summed E-state index contributed by atoms with van der Waals surface area (Å²) >= 11 is 0. The van der Waals surface area contributed by atoms with Gasteiger partial charge < -0.3 is 15.4 Å². The van der Waals surface area contributed by atoms with E-state index in [1.807, 2.05) is 39.1 Å². The second kappa shape index (κ2) is 7.07. The second-order valence-corrected chi connectivity index (χ2v) is 9.90. The number of nitrogens with one attached hydrogen (secondary N) is 2. The zero-order chi connectivity index (χ0) is 21.8. The third kappa shape index (κ3) is 3.79. The molecule has 6 rings (SSSR count). The predicted octanol–water partition coefficient (Wildman–Crippen LogP) is 3.04. The van der Waals surface area contributed by atoms with Crippen molar-refractivity contribution in [1.29, 1.82) is 0 Å². The molecule has 8 heteroatoms. The van der Waals surface area contributed by atoms with Crippen molar-refractivity contribution in [3.05, 3.63) is 41.3 Å². The Labute approximate surface area is 181 Å². The number of hydrogen-bond donors (Lipinski definition) is 2. The Morgan fingerprint density at radius 1 is 1.10 bits per heavy atom. The number of rotatable bonds is 4. The molecule has 2 aromatic rings. The number of amides is 2. The highest BCUT2D eigenvalue weighted by molar-refractivity contribution is 5.93. The van der Waals surface area contributed by atoms with Gasteiger partial charge in [-0.3, -0.25) is 9.48 Å². The first-order valence-electron chi connectivity index (χ1n) is 11.0. The predicted molar refractivity (Wildman–Crippen MR) is 114 cm³/mol. The van der Waals surface area contributed by atoms with Crippen LogP contribution in [0, 0.1) is 25.7 Å². The van der Waals surface area contributed by atoms with Crippen molar-refractivity contribution in [2.75, 3.05) is 0 Å². The van der Waals surface area contributed by atoms with Crippen LogP contribution in [0.5, 0.6) is 5.88 Å². The Hall–Kier alpha value is -2.90. The number of aromatic nitrogens is 3. The number of ether oxygens (including phenoxy) is 1. The van der Waals surface area contributed by atoms with Crippen molar-refractivity contribution in [3.8, 4) is 5.88 Å². The molecule has 2 atom stereocenters. The van der Waals surface area contributed by atoms with Crippen LogP contribution in [0.25, 0.3) is 0 Å². The van der Waals surface area contributed by atoms with Crippen LogP contribution >= 0.6 is 0 Å². The average molecular weight is 424 g/mol.